The Morgan fingerprint density at radius 1 is 1.50 bits per heavy atom. The van der Waals surface area contributed by atoms with Crippen LogP contribution in [0.15, 0.2) is 0 Å². The van der Waals surface area contributed by atoms with Crippen LogP contribution >= 0.6 is 0 Å². The summed E-state index contributed by atoms with van der Waals surface area (Å²) < 4.78 is 5.44. The molecule has 1 saturated carbocycles. The zero-order valence-electron chi connectivity index (χ0n) is 10.7. The molecule has 1 aliphatic rings. The number of amides is 1. The molecule has 0 aromatic rings. The fourth-order valence-electron chi connectivity index (χ4n) is 2.04. The Labute approximate surface area is 98.1 Å². The number of carbonyl (C=O) groups is 1. The van der Waals surface area contributed by atoms with Crippen molar-refractivity contribution >= 4 is 5.91 Å². The third-order valence-corrected chi connectivity index (χ3v) is 3.38. The Morgan fingerprint density at radius 2 is 2.12 bits per heavy atom. The summed E-state index contributed by atoms with van der Waals surface area (Å²) in [5.41, 5.74) is 5.45. The molecular weight excluding hydrogens is 204 g/mol. The van der Waals surface area contributed by atoms with Gasteiger partial charge in [-0.15, -0.1) is 0 Å². The first-order chi connectivity index (χ1) is 7.52. The van der Waals surface area contributed by atoms with Gasteiger partial charge in [0.05, 0.1) is 18.1 Å². The summed E-state index contributed by atoms with van der Waals surface area (Å²) in [4.78, 5) is 13.9. The van der Waals surface area contributed by atoms with Gasteiger partial charge in [-0.2, -0.15) is 0 Å². The number of rotatable bonds is 6. The number of hydrogen-bond acceptors (Lipinski definition) is 3. The molecular formula is C12H24N2O2. The van der Waals surface area contributed by atoms with E-state index in [0.29, 0.717) is 19.7 Å². The average Bonchev–Trinajstić information content (AvgIpc) is 2.16. The second kappa shape index (κ2) is 5.64. The van der Waals surface area contributed by atoms with Crippen LogP contribution in [-0.2, 0) is 9.53 Å². The first-order valence-electron chi connectivity index (χ1n) is 6.09. The van der Waals surface area contributed by atoms with Gasteiger partial charge < -0.3 is 15.4 Å². The van der Waals surface area contributed by atoms with Crippen LogP contribution < -0.4 is 5.73 Å². The zero-order chi connectivity index (χ0) is 12.2. The fraction of sp³-hybridized carbons (Fsp3) is 0.917. The average molecular weight is 228 g/mol. The molecule has 4 nitrogen and oxygen atoms in total. The molecule has 1 rings (SSSR count). The van der Waals surface area contributed by atoms with Crippen LogP contribution in [0.25, 0.3) is 0 Å². The van der Waals surface area contributed by atoms with E-state index in [1.165, 1.54) is 0 Å². The molecule has 2 N–H and O–H groups in total. The van der Waals surface area contributed by atoms with E-state index in [2.05, 4.69) is 0 Å². The van der Waals surface area contributed by atoms with Crippen LogP contribution in [0.4, 0.5) is 0 Å². The molecule has 0 aromatic heterocycles. The maximum atomic E-state index is 12.1. The van der Waals surface area contributed by atoms with E-state index in [1.807, 2.05) is 20.9 Å². The lowest BCUT2D eigenvalue weighted by Gasteiger charge is -2.41. The summed E-state index contributed by atoms with van der Waals surface area (Å²) in [7, 11) is 1.84. The molecule has 4 heteroatoms. The van der Waals surface area contributed by atoms with E-state index >= 15 is 0 Å². The van der Waals surface area contributed by atoms with Gasteiger partial charge in [0.15, 0.2) is 0 Å². The van der Waals surface area contributed by atoms with Crippen LogP contribution in [0.2, 0.25) is 0 Å². The molecule has 16 heavy (non-hydrogen) atoms. The summed E-state index contributed by atoms with van der Waals surface area (Å²) >= 11 is 0. The second-order valence-corrected chi connectivity index (χ2v) is 4.98. The van der Waals surface area contributed by atoms with E-state index in [4.69, 9.17) is 10.5 Å². The van der Waals surface area contributed by atoms with Crippen LogP contribution in [0.5, 0.6) is 0 Å². The van der Waals surface area contributed by atoms with Gasteiger partial charge in [-0.3, -0.25) is 4.79 Å². The molecule has 94 valence electrons. The number of ether oxygens (including phenoxy) is 1. The standard InChI is InChI=1S/C12H24N2O2/c1-10(2)16-8-7-14(3)11(15)12(9-13)5-4-6-12/h10H,4-9,13H2,1-3H3. The van der Waals surface area contributed by atoms with Crippen molar-refractivity contribution < 1.29 is 9.53 Å². The highest BCUT2D eigenvalue weighted by molar-refractivity contribution is 5.83. The molecule has 0 aromatic carbocycles. The van der Waals surface area contributed by atoms with Gasteiger partial charge in [-0.1, -0.05) is 6.42 Å². The van der Waals surface area contributed by atoms with Crippen molar-refractivity contribution in [1.29, 1.82) is 0 Å². The van der Waals surface area contributed by atoms with Gasteiger partial charge in [-0.05, 0) is 26.7 Å². The van der Waals surface area contributed by atoms with E-state index < -0.39 is 0 Å². The predicted molar refractivity (Wildman–Crippen MR) is 64.1 cm³/mol. The molecule has 0 bridgehead atoms. The lowest BCUT2D eigenvalue weighted by molar-refractivity contribution is -0.146. The minimum Gasteiger partial charge on any atom is -0.377 e. The SMILES string of the molecule is CC(C)OCCN(C)C(=O)C1(CN)CCC1. The van der Waals surface area contributed by atoms with Gasteiger partial charge in [0.2, 0.25) is 5.91 Å². The van der Waals surface area contributed by atoms with E-state index in [-0.39, 0.29) is 17.4 Å². The minimum atomic E-state index is -0.257. The monoisotopic (exact) mass is 228 g/mol. The highest BCUT2D eigenvalue weighted by Gasteiger charge is 2.44. The van der Waals surface area contributed by atoms with Crippen molar-refractivity contribution in [2.75, 3.05) is 26.7 Å². The van der Waals surface area contributed by atoms with Gasteiger partial charge in [0.1, 0.15) is 0 Å². The minimum absolute atomic E-state index is 0.189. The van der Waals surface area contributed by atoms with E-state index in [9.17, 15) is 4.79 Å². The first-order valence-corrected chi connectivity index (χ1v) is 6.09. The van der Waals surface area contributed by atoms with Crippen molar-refractivity contribution in [3.63, 3.8) is 0 Å². The summed E-state index contributed by atoms with van der Waals surface area (Å²) in [6.07, 6.45) is 3.23. The molecule has 0 saturated heterocycles. The molecule has 0 radical (unpaired) electrons. The van der Waals surface area contributed by atoms with Gasteiger partial charge >= 0.3 is 0 Å². The van der Waals surface area contributed by atoms with Crippen molar-refractivity contribution in [3.05, 3.63) is 0 Å². The molecule has 0 unspecified atom stereocenters. The van der Waals surface area contributed by atoms with Crippen LogP contribution in [0.3, 0.4) is 0 Å². The lowest BCUT2D eigenvalue weighted by atomic mass is 9.68. The zero-order valence-corrected chi connectivity index (χ0v) is 10.7. The van der Waals surface area contributed by atoms with Crippen LogP contribution in [-0.4, -0.2) is 43.7 Å². The Morgan fingerprint density at radius 3 is 2.50 bits per heavy atom. The van der Waals surface area contributed by atoms with Crippen molar-refractivity contribution in [1.82, 2.24) is 4.90 Å². The third kappa shape index (κ3) is 2.95. The van der Waals surface area contributed by atoms with Crippen molar-refractivity contribution in [2.24, 2.45) is 11.1 Å². The largest absolute Gasteiger partial charge is 0.377 e. The maximum Gasteiger partial charge on any atom is 0.229 e. The second-order valence-electron chi connectivity index (χ2n) is 4.98. The predicted octanol–water partition coefficient (Wildman–Crippen LogP) is 0.999. The summed E-state index contributed by atoms with van der Waals surface area (Å²) in [6, 6.07) is 0. The van der Waals surface area contributed by atoms with Gasteiger partial charge in [-0.25, -0.2) is 0 Å². The van der Waals surface area contributed by atoms with E-state index in [0.717, 1.165) is 19.3 Å². The quantitative estimate of drug-likeness (QED) is 0.738. The van der Waals surface area contributed by atoms with E-state index in [1.54, 1.807) is 4.90 Å². The Balaban J connectivity index is 2.35. The smallest absolute Gasteiger partial charge is 0.229 e. The lowest BCUT2D eigenvalue weighted by Crippen LogP contribution is -2.51. The Hall–Kier alpha value is -0.610. The van der Waals surface area contributed by atoms with Gasteiger partial charge in [0.25, 0.3) is 0 Å². The molecule has 1 amide bonds. The topological polar surface area (TPSA) is 55.6 Å². The number of carbonyl (C=O) groups excluding carboxylic acids is 1. The summed E-state index contributed by atoms with van der Waals surface area (Å²) in [5.74, 6) is 0.189. The summed E-state index contributed by atoms with van der Waals surface area (Å²) in [5, 5.41) is 0. The Kier molecular flexibility index (Phi) is 4.74. The number of nitrogens with two attached hydrogens (primary N) is 1. The fourth-order valence-corrected chi connectivity index (χ4v) is 2.04. The molecule has 1 fully saturated rings. The van der Waals surface area contributed by atoms with Crippen molar-refractivity contribution in [2.45, 2.75) is 39.2 Å². The number of hydrogen-bond donors (Lipinski definition) is 1. The van der Waals surface area contributed by atoms with Crippen LogP contribution in [0.1, 0.15) is 33.1 Å². The molecule has 0 spiro atoms. The highest BCUT2D eigenvalue weighted by Crippen LogP contribution is 2.41. The molecule has 0 heterocycles. The summed E-state index contributed by atoms with van der Waals surface area (Å²) in [6.45, 7) is 5.71. The third-order valence-electron chi connectivity index (χ3n) is 3.38. The Bertz CT molecular complexity index is 232. The van der Waals surface area contributed by atoms with Crippen molar-refractivity contribution in [3.8, 4) is 0 Å². The molecule has 0 atom stereocenters. The molecule has 0 aliphatic heterocycles. The normalized spacial score (nSPS) is 18.3. The highest BCUT2D eigenvalue weighted by atomic mass is 16.5. The number of nitrogens with zero attached hydrogens (tertiary/aromatic N) is 1. The maximum absolute atomic E-state index is 12.1. The first kappa shape index (κ1) is 13.5. The number of likely N-dealkylation sites (N-methyl/N-ethyl adjacent to an activating group) is 1. The van der Waals surface area contributed by atoms with Crippen LogP contribution in [0, 0.1) is 5.41 Å². The molecule has 1 aliphatic carbocycles. The van der Waals surface area contributed by atoms with Gasteiger partial charge in [0, 0.05) is 20.1 Å².